The Balaban J connectivity index is 1.97. The number of hydrogen-bond donors (Lipinski definition) is 1. The molecule has 0 radical (unpaired) electrons. The standard InChI is InChI=1S/C16H25N3/c1-4-19-16-10-6-5-9-14(16)15(18-19)12-17-11-7-8-13(2)3/h5-6,9-10,13,17H,4,7-8,11-12H2,1-3H3. The lowest BCUT2D eigenvalue weighted by Crippen LogP contribution is -2.16. The summed E-state index contributed by atoms with van der Waals surface area (Å²) >= 11 is 0. The minimum Gasteiger partial charge on any atom is -0.311 e. The average Bonchev–Trinajstić information content (AvgIpc) is 2.76. The third-order valence-electron chi connectivity index (χ3n) is 3.46. The van der Waals surface area contributed by atoms with Crippen LogP contribution in [0.3, 0.4) is 0 Å². The lowest BCUT2D eigenvalue weighted by Gasteiger charge is -2.05. The number of nitrogens with one attached hydrogen (secondary N) is 1. The molecule has 0 aliphatic heterocycles. The van der Waals surface area contributed by atoms with Crippen LogP contribution in [-0.4, -0.2) is 16.3 Å². The van der Waals surface area contributed by atoms with E-state index in [1.165, 1.54) is 29.4 Å². The lowest BCUT2D eigenvalue weighted by molar-refractivity contribution is 0.524. The summed E-state index contributed by atoms with van der Waals surface area (Å²) in [6.45, 7) is 9.55. The van der Waals surface area contributed by atoms with E-state index in [0.29, 0.717) is 0 Å². The van der Waals surface area contributed by atoms with E-state index in [-0.39, 0.29) is 0 Å². The van der Waals surface area contributed by atoms with Crippen molar-refractivity contribution in [2.45, 2.75) is 46.7 Å². The summed E-state index contributed by atoms with van der Waals surface area (Å²) in [5.41, 5.74) is 2.41. The van der Waals surface area contributed by atoms with Crippen LogP contribution >= 0.6 is 0 Å². The number of benzene rings is 1. The van der Waals surface area contributed by atoms with Gasteiger partial charge in [0.2, 0.25) is 0 Å². The highest BCUT2D eigenvalue weighted by Gasteiger charge is 2.08. The first-order chi connectivity index (χ1) is 9.22. The average molecular weight is 259 g/mol. The first kappa shape index (κ1) is 14.1. The maximum Gasteiger partial charge on any atom is 0.0841 e. The van der Waals surface area contributed by atoms with Gasteiger partial charge >= 0.3 is 0 Å². The maximum atomic E-state index is 4.69. The van der Waals surface area contributed by atoms with E-state index < -0.39 is 0 Å². The summed E-state index contributed by atoms with van der Waals surface area (Å²) in [6.07, 6.45) is 2.53. The maximum absolute atomic E-state index is 4.69. The molecular weight excluding hydrogens is 234 g/mol. The number of para-hydroxylation sites is 1. The van der Waals surface area contributed by atoms with E-state index in [1.54, 1.807) is 0 Å². The number of nitrogens with zero attached hydrogens (tertiary/aromatic N) is 2. The van der Waals surface area contributed by atoms with Gasteiger partial charge in [0.15, 0.2) is 0 Å². The van der Waals surface area contributed by atoms with Gasteiger partial charge in [-0.1, -0.05) is 32.0 Å². The summed E-state index contributed by atoms with van der Waals surface area (Å²) < 4.78 is 2.08. The molecule has 0 spiro atoms. The normalized spacial score (nSPS) is 11.6. The van der Waals surface area contributed by atoms with Crippen LogP contribution in [0.5, 0.6) is 0 Å². The van der Waals surface area contributed by atoms with Crippen LogP contribution in [0.25, 0.3) is 10.9 Å². The summed E-state index contributed by atoms with van der Waals surface area (Å²) in [6, 6.07) is 8.48. The lowest BCUT2D eigenvalue weighted by atomic mass is 10.1. The quantitative estimate of drug-likeness (QED) is 0.770. The number of hydrogen-bond acceptors (Lipinski definition) is 2. The highest BCUT2D eigenvalue weighted by molar-refractivity contribution is 5.81. The second-order valence-corrected chi connectivity index (χ2v) is 5.49. The molecule has 0 fully saturated rings. The molecule has 0 saturated carbocycles. The molecule has 19 heavy (non-hydrogen) atoms. The van der Waals surface area contributed by atoms with Gasteiger partial charge in [-0.25, -0.2) is 0 Å². The fourth-order valence-electron chi connectivity index (χ4n) is 2.41. The van der Waals surface area contributed by atoms with E-state index in [4.69, 9.17) is 5.10 Å². The van der Waals surface area contributed by atoms with Gasteiger partial charge in [-0.05, 0) is 38.3 Å². The summed E-state index contributed by atoms with van der Waals surface area (Å²) in [5, 5.41) is 9.48. The number of fused-ring (bicyclic) bond motifs is 1. The monoisotopic (exact) mass is 259 g/mol. The second-order valence-electron chi connectivity index (χ2n) is 5.49. The topological polar surface area (TPSA) is 29.9 Å². The van der Waals surface area contributed by atoms with Crippen molar-refractivity contribution in [1.29, 1.82) is 0 Å². The van der Waals surface area contributed by atoms with E-state index in [0.717, 1.165) is 25.6 Å². The van der Waals surface area contributed by atoms with Crippen LogP contribution in [0.4, 0.5) is 0 Å². The van der Waals surface area contributed by atoms with Crippen molar-refractivity contribution in [3.63, 3.8) is 0 Å². The predicted molar refractivity (Wildman–Crippen MR) is 81.2 cm³/mol. The number of aromatic nitrogens is 2. The molecule has 0 amide bonds. The van der Waals surface area contributed by atoms with Crippen LogP contribution in [0.1, 0.15) is 39.3 Å². The van der Waals surface area contributed by atoms with Crippen molar-refractivity contribution in [2.75, 3.05) is 6.54 Å². The third kappa shape index (κ3) is 3.57. The summed E-state index contributed by atoms with van der Waals surface area (Å²) in [4.78, 5) is 0. The van der Waals surface area contributed by atoms with Gasteiger partial charge in [0, 0.05) is 18.5 Å². The van der Waals surface area contributed by atoms with Gasteiger partial charge < -0.3 is 5.32 Å². The van der Waals surface area contributed by atoms with E-state index in [1.807, 2.05) is 0 Å². The summed E-state index contributed by atoms with van der Waals surface area (Å²) in [7, 11) is 0. The number of aryl methyl sites for hydroxylation is 1. The second kappa shape index (κ2) is 6.71. The molecule has 1 aromatic carbocycles. The molecule has 1 aromatic heterocycles. The van der Waals surface area contributed by atoms with E-state index in [2.05, 4.69) is 55.0 Å². The third-order valence-corrected chi connectivity index (χ3v) is 3.46. The molecule has 2 aromatic rings. The Morgan fingerprint density at radius 2 is 2.05 bits per heavy atom. The van der Waals surface area contributed by atoms with Gasteiger partial charge in [-0.15, -0.1) is 0 Å². The van der Waals surface area contributed by atoms with E-state index >= 15 is 0 Å². The molecule has 0 aliphatic rings. The van der Waals surface area contributed by atoms with Crippen LogP contribution in [0.2, 0.25) is 0 Å². The highest BCUT2D eigenvalue weighted by atomic mass is 15.3. The number of rotatable bonds is 7. The molecule has 0 saturated heterocycles. The van der Waals surface area contributed by atoms with Crippen molar-refractivity contribution in [3.8, 4) is 0 Å². The van der Waals surface area contributed by atoms with Gasteiger partial charge in [0.05, 0.1) is 11.2 Å². The Kier molecular flexibility index (Phi) is 4.97. The first-order valence-corrected chi connectivity index (χ1v) is 7.37. The van der Waals surface area contributed by atoms with Crippen LogP contribution in [0, 0.1) is 5.92 Å². The highest BCUT2D eigenvalue weighted by Crippen LogP contribution is 2.18. The van der Waals surface area contributed by atoms with Gasteiger partial charge in [0.1, 0.15) is 0 Å². The molecule has 0 atom stereocenters. The van der Waals surface area contributed by atoms with Gasteiger partial charge in [0.25, 0.3) is 0 Å². The molecule has 1 heterocycles. The minimum atomic E-state index is 0.793. The van der Waals surface area contributed by atoms with Crippen molar-refractivity contribution in [1.82, 2.24) is 15.1 Å². The molecule has 0 bridgehead atoms. The molecule has 3 heteroatoms. The zero-order valence-corrected chi connectivity index (χ0v) is 12.3. The minimum absolute atomic E-state index is 0.793. The summed E-state index contributed by atoms with van der Waals surface area (Å²) in [5.74, 6) is 0.793. The van der Waals surface area contributed by atoms with Crippen molar-refractivity contribution < 1.29 is 0 Å². The fourth-order valence-corrected chi connectivity index (χ4v) is 2.41. The fraction of sp³-hybridized carbons (Fsp3) is 0.562. The van der Waals surface area contributed by atoms with Crippen LogP contribution in [0.15, 0.2) is 24.3 Å². The van der Waals surface area contributed by atoms with Crippen LogP contribution in [-0.2, 0) is 13.1 Å². The Morgan fingerprint density at radius 1 is 1.26 bits per heavy atom. The molecule has 104 valence electrons. The molecule has 3 nitrogen and oxygen atoms in total. The van der Waals surface area contributed by atoms with Crippen LogP contribution < -0.4 is 5.32 Å². The Hall–Kier alpha value is -1.35. The van der Waals surface area contributed by atoms with Crippen molar-refractivity contribution in [2.24, 2.45) is 5.92 Å². The molecular formula is C16H25N3. The van der Waals surface area contributed by atoms with Gasteiger partial charge in [-0.3, -0.25) is 4.68 Å². The zero-order chi connectivity index (χ0) is 13.7. The largest absolute Gasteiger partial charge is 0.311 e. The van der Waals surface area contributed by atoms with Crippen molar-refractivity contribution in [3.05, 3.63) is 30.0 Å². The molecule has 2 rings (SSSR count). The van der Waals surface area contributed by atoms with Crippen molar-refractivity contribution >= 4 is 10.9 Å². The predicted octanol–water partition coefficient (Wildman–Crippen LogP) is 3.58. The molecule has 1 N–H and O–H groups in total. The first-order valence-electron chi connectivity index (χ1n) is 7.37. The van der Waals surface area contributed by atoms with Gasteiger partial charge in [-0.2, -0.15) is 5.10 Å². The zero-order valence-electron chi connectivity index (χ0n) is 12.3. The smallest absolute Gasteiger partial charge is 0.0841 e. The Bertz CT molecular complexity index is 514. The Labute approximate surface area is 116 Å². The van der Waals surface area contributed by atoms with E-state index in [9.17, 15) is 0 Å². The Morgan fingerprint density at radius 3 is 2.79 bits per heavy atom. The SMILES string of the molecule is CCn1nc(CNCCCC(C)C)c2ccccc21. The molecule has 0 aliphatic carbocycles. The molecule has 0 unspecified atom stereocenters.